The van der Waals surface area contributed by atoms with E-state index in [0.717, 1.165) is 24.2 Å². The molecule has 0 saturated carbocycles. The summed E-state index contributed by atoms with van der Waals surface area (Å²) >= 11 is 0. The molecule has 0 aliphatic heterocycles. The molecule has 2 aromatic carbocycles. The van der Waals surface area contributed by atoms with Crippen molar-refractivity contribution in [1.29, 1.82) is 0 Å². The van der Waals surface area contributed by atoms with E-state index in [9.17, 15) is 4.79 Å². The Morgan fingerprint density at radius 1 is 1.04 bits per heavy atom. The second-order valence-electron chi connectivity index (χ2n) is 5.65. The maximum Gasteiger partial charge on any atom is 0.260 e. The Labute approximate surface area is 148 Å². The van der Waals surface area contributed by atoms with E-state index in [2.05, 4.69) is 5.32 Å². The summed E-state index contributed by atoms with van der Waals surface area (Å²) in [7, 11) is 3.26. The highest BCUT2D eigenvalue weighted by Gasteiger charge is 2.14. The topological polar surface area (TPSA) is 56.8 Å². The molecule has 0 fully saturated rings. The van der Waals surface area contributed by atoms with Crippen molar-refractivity contribution in [3.8, 4) is 17.2 Å². The largest absolute Gasteiger partial charge is 0.497 e. The Morgan fingerprint density at radius 2 is 1.80 bits per heavy atom. The van der Waals surface area contributed by atoms with Gasteiger partial charge in [-0.05, 0) is 43.5 Å². The lowest BCUT2D eigenvalue weighted by Crippen LogP contribution is -2.36. The lowest BCUT2D eigenvalue weighted by Gasteiger charge is -2.15. The van der Waals surface area contributed by atoms with Crippen LogP contribution in [0.4, 0.5) is 0 Å². The van der Waals surface area contributed by atoms with Gasteiger partial charge >= 0.3 is 0 Å². The number of amides is 1. The van der Waals surface area contributed by atoms with Crippen molar-refractivity contribution in [2.45, 2.75) is 25.9 Å². The number of ether oxygens (including phenoxy) is 3. The number of hydrogen-bond donors (Lipinski definition) is 1. The van der Waals surface area contributed by atoms with Crippen molar-refractivity contribution in [3.05, 3.63) is 54.1 Å². The average Bonchev–Trinajstić information content (AvgIpc) is 2.65. The minimum absolute atomic E-state index is 0.136. The molecule has 0 aliphatic carbocycles. The standard InChI is InChI=1S/C20H25NO4/c1-15(25-18-11-6-10-17(14-18)23-2)20(22)21-13-7-9-16-8-4-5-12-19(16)24-3/h4-6,8,10-12,14-15H,7,9,13H2,1-3H3,(H,21,22). The van der Waals surface area contributed by atoms with Crippen molar-refractivity contribution in [1.82, 2.24) is 5.32 Å². The summed E-state index contributed by atoms with van der Waals surface area (Å²) in [6.07, 6.45) is 1.10. The first kappa shape index (κ1) is 18.6. The zero-order valence-electron chi connectivity index (χ0n) is 15.0. The molecule has 5 nitrogen and oxygen atoms in total. The van der Waals surface area contributed by atoms with Crippen LogP contribution in [-0.2, 0) is 11.2 Å². The molecule has 0 bridgehead atoms. The van der Waals surface area contributed by atoms with Crippen molar-refractivity contribution in [3.63, 3.8) is 0 Å². The molecule has 5 heteroatoms. The van der Waals surface area contributed by atoms with E-state index in [1.54, 1.807) is 33.3 Å². The number of aryl methyl sites for hydroxylation is 1. The number of rotatable bonds is 9. The van der Waals surface area contributed by atoms with Crippen LogP contribution in [0.5, 0.6) is 17.2 Å². The molecule has 0 aromatic heterocycles. The fraction of sp³-hybridized carbons (Fsp3) is 0.350. The van der Waals surface area contributed by atoms with Gasteiger partial charge in [0.05, 0.1) is 14.2 Å². The second kappa shape index (κ2) is 9.57. The highest BCUT2D eigenvalue weighted by atomic mass is 16.5. The molecule has 0 saturated heterocycles. The number of carbonyl (C=O) groups excluding carboxylic acids is 1. The highest BCUT2D eigenvalue weighted by Crippen LogP contribution is 2.20. The van der Waals surface area contributed by atoms with Gasteiger partial charge in [0.1, 0.15) is 17.2 Å². The van der Waals surface area contributed by atoms with Crippen LogP contribution in [-0.4, -0.2) is 32.8 Å². The quantitative estimate of drug-likeness (QED) is 0.710. The van der Waals surface area contributed by atoms with Crippen molar-refractivity contribution < 1.29 is 19.0 Å². The molecule has 1 amide bonds. The van der Waals surface area contributed by atoms with Crippen LogP contribution < -0.4 is 19.5 Å². The molecule has 2 rings (SSSR count). The normalized spacial score (nSPS) is 11.5. The molecule has 1 unspecified atom stereocenters. The van der Waals surface area contributed by atoms with E-state index in [1.165, 1.54) is 0 Å². The van der Waals surface area contributed by atoms with Gasteiger partial charge in [-0.25, -0.2) is 0 Å². The van der Waals surface area contributed by atoms with Crippen LogP contribution in [0.1, 0.15) is 18.9 Å². The Balaban J connectivity index is 1.75. The van der Waals surface area contributed by atoms with E-state index >= 15 is 0 Å². The first-order valence-corrected chi connectivity index (χ1v) is 8.34. The summed E-state index contributed by atoms with van der Waals surface area (Å²) in [4.78, 5) is 12.1. The summed E-state index contributed by atoms with van der Waals surface area (Å²) in [5, 5.41) is 2.90. The predicted octanol–water partition coefficient (Wildman–Crippen LogP) is 3.22. The van der Waals surface area contributed by atoms with Gasteiger partial charge in [0.25, 0.3) is 5.91 Å². The van der Waals surface area contributed by atoms with E-state index in [1.807, 2.05) is 36.4 Å². The molecular formula is C20H25NO4. The van der Waals surface area contributed by atoms with Crippen LogP contribution in [0.3, 0.4) is 0 Å². The maximum atomic E-state index is 12.1. The van der Waals surface area contributed by atoms with E-state index in [-0.39, 0.29) is 5.91 Å². The molecule has 1 atom stereocenters. The van der Waals surface area contributed by atoms with Crippen LogP contribution in [0.25, 0.3) is 0 Å². The molecular weight excluding hydrogens is 318 g/mol. The SMILES string of the molecule is COc1cccc(OC(C)C(=O)NCCCc2ccccc2OC)c1. The molecule has 0 aliphatic rings. The minimum Gasteiger partial charge on any atom is -0.497 e. The van der Waals surface area contributed by atoms with Gasteiger partial charge in [-0.15, -0.1) is 0 Å². The number of nitrogens with one attached hydrogen (secondary N) is 1. The predicted molar refractivity (Wildman–Crippen MR) is 97.4 cm³/mol. The molecule has 25 heavy (non-hydrogen) atoms. The van der Waals surface area contributed by atoms with Crippen LogP contribution in [0, 0.1) is 0 Å². The van der Waals surface area contributed by atoms with Gasteiger partial charge in [-0.1, -0.05) is 24.3 Å². The lowest BCUT2D eigenvalue weighted by molar-refractivity contribution is -0.127. The highest BCUT2D eigenvalue weighted by molar-refractivity contribution is 5.80. The summed E-state index contributed by atoms with van der Waals surface area (Å²) in [5.74, 6) is 2.05. The van der Waals surface area contributed by atoms with Crippen LogP contribution in [0.15, 0.2) is 48.5 Å². The number of methoxy groups -OCH3 is 2. The third kappa shape index (κ3) is 5.71. The third-order valence-corrected chi connectivity index (χ3v) is 3.84. The molecule has 2 aromatic rings. The number of hydrogen-bond acceptors (Lipinski definition) is 4. The van der Waals surface area contributed by atoms with Gasteiger partial charge in [0, 0.05) is 12.6 Å². The Morgan fingerprint density at radius 3 is 2.56 bits per heavy atom. The first-order valence-electron chi connectivity index (χ1n) is 8.34. The second-order valence-corrected chi connectivity index (χ2v) is 5.65. The number of benzene rings is 2. The Bertz CT molecular complexity index is 687. The average molecular weight is 343 g/mol. The van der Waals surface area contributed by atoms with Crippen molar-refractivity contribution in [2.24, 2.45) is 0 Å². The van der Waals surface area contributed by atoms with Gasteiger partial charge < -0.3 is 19.5 Å². The van der Waals surface area contributed by atoms with Gasteiger partial charge in [0.2, 0.25) is 0 Å². The van der Waals surface area contributed by atoms with E-state index in [4.69, 9.17) is 14.2 Å². The minimum atomic E-state index is -0.571. The van der Waals surface area contributed by atoms with Crippen LogP contribution in [0.2, 0.25) is 0 Å². The smallest absolute Gasteiger partial charge is 0.260 e. The monoisotopic (exact) mass is 343 g/mol. The summed E-state index contributed by atoms with van der Waals surface area (Å²) < 4.78 is 16.1. The van der Waals surface area contributed by atoms with Crippen molar-refractivity contribution in [2.75, 3.05) is 20.8 Å². The zero-order chi connectivity index (χ0) is 18.1. The summed E-state index contributed by atoms with van der Waals surface area (Å²) in [6.45, 7) is 2.32. The summed E-state index contributed by atoms with van der Waals surface area (Å²) in [5.41, 5.74) is 1.14. The molecule has 0 heterocycles. The lowest BCUT2D eigenvalue weighted by atomic mass is 10.1. The first-order chi connectivity index (χ1) is 12.1. The summed E-state index contributed by atoms with van der Waals surface area (Å²) in [6, 6.07) is 15.1. The fourth-order valence-electron chi connectivity index (χ4n) is 2.48. The van der Waals surface area contributed by atoms with Gasteiger partial charge in [-0.2, -0.15) is 0 Å². The van der Waals surface area contributed by atoms with E-state index in [0.29, 0.717) is 18.0 Å². The third-order valence-electron chi connectivity index (χ3n) is 3.84. The zero-order valence-corrected chi connectivity index (χ0v) is 15.0. The molecule has 0 radical (unpaired) electrons. The Hall–Kier alpha value is -2.69. The Kier molecular flexibility index (Phi) is 7.14. The van der Waals surface area contributed by atoms with Crippen LogP contribution >= 0.6 is 0 Å². The fourth-order valence-corrected chi connectivity index (χ4v) is 2.48. The molecule has 134 valence electrons. The van der Waals surface area contributed by atoms with E-state index < -0.39 is 6.10 Å². The number of para-hydroxylation sites is 1. The molecule has 0 spiro atoms. The number of carbonyl (C=O) groups is 1. The van der Waals surface area contributed by atoms with Gasteiger partial charge in [0.15, 0.2) is 6.10 Å². The maximum absolute atomic E-state index is 12.1. The molecule has 1 N–H and O–H groups in total. The van der Waals surface area contributed by atoms with Crippen molar-refractivity contribution >= 4 is 5.91 Å². The van der Waals surface area contributed by atoms with Gasteiger partial charge in [-0.3, -0.25) is 4.79 Å².